The van der Waals surface area contributed by atoms with E-state index in [1.54, 1.807) is 6.07 Å². The topological polar surface area (TPSA) is 225 Å². The summed E-state index contributed by atoms with van der Waals surface area (Å²) in [6, 6.07) is 0.621. The number of thioether (sulfide) groups is 3. The number of hydrogen-bond acceptors (Lipinski definition) is 15. The molecule has 1 saturated heterocycles. The van der Waals surface area contributed by atoms with E-state index in [1.807, 2.05) is 0 Å². The van der Waals surface area contributed by atoms with Crippen LogP contribution >= 0.6 is 46.6 Å². The number of fused-ring (bicyclic) bond motifs is 1. The molecule has 14 nitrogen and oxygen atoms in total. The largest absolute Gasteiger partial charge is 0.477 e. The third-order valence-electron chi connectivity index (χ3n) is 4.76. The Morgan fingerprint density at radius 1 is 1.31 bits per heavy atom. The number of nitrogens with two attached hydrogens (primary N) is 3. The molecule has 36 heavy (non-hydrogen) atoms. The van der Waals surface area contributed by atoms with Gasteiger partial charge in [-0.15, -0.1) is 34.9 Å². The van der Waals surface area contributed by atoms with Gasteiger partial charge in [0.15, 0.2) is 10.8 Å². The van der Waals surface area contributed by atoms with Crippen molar-refractivity contribution >= 4 is 87.0 Å². The Hall–Kier alpha value is -3.22. The Balaban J connectivity index is 1.45. The van der Waals surface area contributed by atoms with E-state index >= 15 is 0 Å². The fourth-order valence-corrected chi connectivity index (χ4v) is 7.55. The number of nitrogen functional groups attached to an aromatic ring is 3. The molecule has 0 bridgehead atoms. The SMILES string of the molecule is CO/N=C(\C(=O)NC1C(=O)N2C(C(=O)O)=C(SCSc3cc(N)nc(N)n3)CSC12)c1csc(N)n1. The molecule has 2 aromatic rings. The van der Waals surface area contributed by atoms with E-state index in [-0.39, 0.29) is 34.0 Å². The average molecular weight is 570 g/mol. The zero-order chi connectivity index (χ0) is 26.0. The van der Waals surface area contributed by atoms with E-state index in [4.69, 9.17) is 22.0 Å². The molecule has 0 saturated carbocycles. The lowest BCUT2D eigenvalue weighted by Crippen LogP contribution is -2.71. The van der Waals surface area contributed by atoms with Gasteiger partial charge < -0.3 is 32.5 Å². The fraction of sp³-hybridized carbons (Fsp3) is 0.278. The third kappa shape index (κ3) is 5.30. The van der Waals surface area contributed by atoms with Crippen LogP contribution in [0.1, 0.15) is 5.69 Å². The number of carboxylic acids is 1. The molecule has 0 radical (unpaired) electrons. The Kier molecular flexibility index (Phi) is 7.76. The van der Waals surface area contributed by atoms with Crippen LogP contribution < -0.4 is 22.5 Å². The number of hydrogen-bond donors (Lipinski definition) is 5. The molecule has 0 aliphatic carbocycles. The minimum Gasteiger partial charge on any atom is -0.477 e. The maximum atomic E-state index is 12.9. The van der Waals surface area contributed by atoms with Gasteiger partial charge in [0.1, 0.15) is 40.8 Å². The Morgan fingerprint density at radius 3 is 2.72 bits per heavy atom. The number of oxime groups is 1. The molecule has 4 heterocycles. The molecule has 2 aromatic heterocycles. The first-order valence-corrected chi connectivity index (χ1v) is 13.8. The highest BCUT2D eigenvalue weighted by Crippen LogP contribution is 2.44. The van der Waals surface area contributed by atoms with Crippen molar-refractivity contribution in [2.24, 2.45) is 5.16 Å². The zero-order valence-corrected chi connectivity index (χ0v) is 21.7. The van der Waals surface area contributed by atoms with Gasteiger partial charge in [-0.25, -0.2) is 14.8 Å². The van der Waals surface area contributed by atoms with E-state index in [0.29, 0.717) is 20.8 Å². The molecule has 2 atom stereocenters. The number of amides is 2. The molecule has 0 aromatic carbocycles. The lowest BCUT2D eigenvalue weighted by molar-refractivity contribution is -0.150. The number of rotatable bonds is 9. The van der Waals surface area contributed by atoms with Crippen LogP contribution in [0, 0.1) is 0 Å². The zero-order valence-electron chi connectivity index (χ0n) is 18.4. The van der Waals surface area contributed by atoms with Gasteiger partial charge in [-0.05, 0) is 0 Å². The summed E-state index contributed by atoms with van der Waals surface area (Å²) < 4.78 is 0. The monoisotopic (exact) mass is 569 g/mol. The van der Waals surface area contributed by atoms with Crippen molar-refractivity contribution in [1.29, 1.82) is 0 Å². The van der Waals surface area contributed by atoms with Crippen molar-refractivity contribution in [1.82, 2.24) is 25.2 Å². The summed E-state index contributed by atoms with van der Waals surface area (Å²) in [4.78, 5) is 56.1. The minimum absolute atomic E-state index is 0.0419. The summed E-state index contributed by atoms with van der Waals surface area (Å²) in [7, 11) is 1.27. The minimum atomic E-state index is -1.24. The molecule has 2 aliphatic heterocycles. The van der Waals surface area contributed by atoms with E-state index in [9.17, 15) is 19.5 Å². The maximum absolute atomic E-state index is 12.9. The predicted molar refractivity (Wildman–Crippen MR) is 139 cm³/mol. The van der Waals surface area contributed by atoms with Crippen LogP contribution in [0.15, 0.2) is 32.2 Å². The standard InChI is InChI=1S/C18H19N9O5S4/c1-32-26-10(6-3-34-18(21)22-6)13(28)25-11-14(29)27-12(16(30)31)7(4-33-15(11)27)35-5-36-9-2-8(19)23-17(20)24-9/h2-3,11,15H,4-5H2,1H3,(H2,21,22)(H,25,28)(H,30,31)(H4,19,20,23,24)/b26-10-. The van der Waals surface area contributed by atoms with Crippen molar-refractivity contribution in [3.63, 3.8) is 0 Å². The van der Waals surface area contributed by atoms with Crippen LogP contribution in [-0.4, -0.2) is 77.8 Å². The van der Waals surface area contributed by atoms with Gasteiger partial charge in [0, 0.05) is 27.2 Å². The smallest absolute Gasteiger partial charge is 0.353 e. The van der Waals surface area contributed by atoms with E-state index in [1.165, 1.54) is 52.7 Å². The van der Waals surface area contributed by atoms with Crippen LogP contribution in [-0.2, 0) is 19.2 Å². The fourth-order valence-electron chi connectivity index (χ4n) is 3.30. The number of carbonyl (C=O) groups is 3. The molecule has 1 fully saturated rings. The number of carbonyl (C=O) groups excluding carboxylic acids is 2. The lowest BCUT2D eigenvalue weighted by Gasteiger charge is -2.49. The summed E-state index contributed by atoms with van der Waals surface area (Å²) in [5.74, 6) is -1.87. The maximum Gasteiger partial charge on any atom is 0.353 e. The first kappa shape index (κ1) is 25.9. The molecule has 2 unspecified atom stereocenters. The summed E-state index contributed by atoms with van der Waals surface area (Å²) in [5.41, 5.74) is 16.8. The van der Waals surface area contributed by atoms with Gasteiger partial charge in [-0.2, -0.15) is 4.98 Å². The first-order valence-electron chi connectivity index (χ1n) is 9.89. The van der Waals surface area contributed by atoms with Crippen LogP contribution in [0.5, 0.6) is 0 Å². The predicted octanol–water partition coefficient (Wildman–Crippen LogP) is 0.209. The molecule has 8 N–H and O–H groups in total. The van der Waals surface area contributed by atoms with Crippen molar-refractivity contribution in [3.8, 4) is 0 Å². The molecular weight excluding hydrogens is 551 g/mol. The second-order valence-corrected chi connectivity index (χ2v) is 11.5. The Morgan fingerprint density at radius 2 is 2.08 bits per heavy atom. The van der Waals surface area contributed by atoms with Crippen LogP contribution in [0.4, 0.5) is 16.9 Å². The third-order valence-corrected chi connectivity index (χ3v) is 9.03. The second kappa shape index (κ2) is 10.8. The highest BCUT2D eigenvalue weighted by atomic mass is 32.2. The first-order chi connectivity index (χ1) is 17.2. The molecule has 0 spiro atoms. The number of nitrogens with zero attached hydrogens (tertiary/aromatic N) is 5. The number of aromatic nitrogens is 3. The lowest BCUT2D eigenvalue weighted by atomic mass is 10.0. The average Bonchev–Trinajstić information content (AvgIpc) is 3.25. The summed E-state index contributed by atoms with van der Waals surface area (Å²) >= 11 is 5.04. The summed E-state index contributed by atoms with van der Waals surface area (Å²) in [6.07, 6.45) is 0. The summed E-state index contributed by atoms with van der Waals surface area (Å²) in [6.45, 7) is 0. The van der Waals surface area contributed by atoms with Crippen LogP contribution in [0.2, 0.25) is 0 Å². The molecule has 2 aliphatic rings. The molecule has 18 heteroatoms. The highest BCUT2D eigenvalue weighted by molar-refractivity contribution is 8.18. The number of carboxylic acid groups (broad SMARTS) is 1. The molecule has 2 amide bonds. The normalized spacial score (nSPS) is 19.5. The van der Waals surface area contributed by atoms with E-state index < -0.39 is 29.2 Å². The van der Waals surface area contributed by atoms with Crippen LogP contribution in [0.3, 0.4) is 0 Å². The molecule has 190 valence electrons. The Bertz CT molecular complexity index is 1260. The molecular formula is C18H19N9O5S4. The van der Waals surface area contributed by atoms with Gasteiger partial charge in [-0.3, -0.25) is 14.5 Å². The second-order valence-electron chi connectivity index (χ2n) is 7.03. The van der Waals surface area contributed by atoms with E-state index in [0.717, 1.165) is 11.3 Å². The highest BCUT2D eigenvalue weighted by Gasteiger charge is 2.54. The number of anilines is 3. The molecule has 4 rings (SSSR count). The number of thiazole rings is 1. The van der Waals surface area contributed by atoms with Gasteiger partial charge in [0.25, 0.3) is 11.8 Å². The van der Waals surface area contributed by atoms with Gasteiger partial charge in [0.05, 0.1) is 0 Å². The number of aliphatic carboxylic acids is 1. The Labute approximate surface area is 220 Å². The van der Waals surface area contributed by atoms with Crippen molar-refractivity contribution in [3.05, 3.63) is 27.7 Å². The van der Waals surface area contributed by atoms with Gasteiger partial charge in [0.2, 0.25) is 5.95 Å². The van der Waals surface area contributed by atoms with E-state index in [2.05, 4.69) is 25.4 Å². The quantitative estimate of drug-likeness (QED) is 0.0679. The van der Waals surface area contributed by atoms with Crippen LogP contribution in [0.25, 0.3) is 0 Å². The number of nitrogens with one attached hydrogen (secondary N) is 1. The van der Waals surface area contributed by atoms with Gasteiger partial charge in [-0.1, -0.05) is 16.9 Å². The van der Waals surface area contributed by atoms with Crippen molar-refractivity contribution in [2.45, 2.75) is 16.4 Å². The van der Waals surface area contributed by atoms with Crippen molar-refractivity contribution in [2.75, 3.05) is 35.1 Å². The summed E-state index contributed by atoms with van der Waals surface area (Å²) in [5, 5.41) is 18.3. The van der Waals surface area contributed by atoms with Crippen molar-refractivity contribution < 1.29 is 24.3 Å². The number of β-lactam (4-membered cyclic amide) rings is 1. The van der Waals surface area contributed by atoms with Gasteiger partial charge >= 0.3 is 5.97 Å².